The molecule has 1 aromatic carbocycles. The highest BCUT2D eigenvalue weighted by Gasteiger charge is 2.22. The monoisotopic (exact) mass is 469 g/mol. The van der Waals surface area contributed by atoms with Gasteiger partial charge in [-0.2, -0.15) is 4.37 Å². The first-order chi connectivity index (χ1) is 16.2. The number of piperazine rings is 1. The second-order valence-electron chi connectivity index (χ2n) is 9.27. The van der Waals surface area contributed by atoms with Gasteiger partial charge in [0.2, 0.25) is 0 Å². The standard InChI is InChI=1S/C25H35N5O2S/c1-2-20-4-3-5-21-22(17-30(24(20)21)16-19-6-14-32-15-7-19)25-26-23(33-27-25)18-29-10-8-28(9-11-29)12-13-31/h3-5,17,19,31H,2,6-16,18H2,1H3. The summed E-state index contributed by atoms with van der Waals surface area (Å²) in [5.41, 5.74) is 3.89. The van der Waals surface area contributed by atoms with E-state index in [0.717, 1.165) is 94.7 Å². The molecule has 0 amide bonds. The predicted octanol–water partition coefficient (Wildman–Crippen LogP) is 3.26. The number of ether oxygens (including phenoxy) is 1. The highest BCUT2D eigenvalue weighted by atomic mass is 32.1. The molecule has 2 saturated heterocycles. The number of para-hydroxylation sites is 1. The van der Waals surface area contributed by atoms with E-state index in [9.17, 15) is 0 Å². The van der Waals surface area contributed by atoms with Gasteiger partial charge in [0.15, 0.2) is 5.82 Å². The van der Waals surface area contributed by atoms with Gasteiger partial charge in [-0.1, -0.05) is 25.1 Å². The third-order valence-corrected chi connectivity index (χ3v) is 7.80. The largest absolute Gasteiger partial charge is 0.395 e. The Labute approximate surface area is 200 Å². The summed E-state index contributed by atoms with van der Waals surface area (Å²) >= 11 is 1.53. The van der Waals surface area contributed by atoms with Crippen LogP contribution >= 0.6 is 11.5 Å². The smallest absolute Gasteiger partial charge is 0.175 e. The maximum absolute atomic E-state index is 9.15. The van der Waals surface area contributed by atoms with E-state index >= 15 is 0 Å². The first kappa shape index (κ1) is 22.9. The van der Waals surface area contributed by atoms with Crippen molar-refractivity contribution in [3.05, 3.63) is 35.0 Å². The van der Waals surface area contributed by atoms with Gasteiger partial charge in [-0.25, -0.2) is 4.98 Å². The van der Waals surface area contributed by atoms with Gasteiger partial charge in [0.05, 0.1) is 18.7 Å². The molecule has 8 heteroatoms. The molecule has 4 heterocycles. The Morgan fingerprint density at radius 3 is 2.67 bits per heavy atom. The molecule has 0 saturated carbocycles. The van der Waals surface area contributed by atoms with Crippen molar-refractivity contribution < 1.29 is 9.84 Å². The van der Waals surface area contributed by atoms with Crippen LogP contribution < -0.4 is 0 Å². The van der Waals surface area contributed by atoms with Crippen molar-refractivity contribution in [1.82, 2.24) is 23.7 Å². The quantitative estimate of drug-likeness (QED) is 0.546. The zero-order valence-corrected chi connectivity index (χ0v) is 20.4. The Morgan fingerprint density at radius 2 is 1.91 bits per heavy atom. The summed E-state index contributed by atoms with van der Waals surface area (Å²) < 4.78 is 12.8. The lowest BCUT2D eigenvalue weighted by Gasteiger charge is -2.33. The van der Waals surface area contributed by atoms with Crippen molar-refractivity contribution in [2.75, 3.05) is 52.5 Å². The average Bonchev–Trinajstić information content (AvgIpc) is 3.46. The fourth-order valence-corrected chi connectivity index (χ4v) is 5.88. The van der Waals surface area contributed by atoms with Crippen LogP contribution in [0.3, 0.4) is 0 Å². The molecule has 2 aliphatic heterocycles. The molecule has 2 aromatic heterocycles. The van der Waals surface area contributed by atoms with Crippen molar-refractivity contribution in [3.8, 4) is 11.4 Å². The summed E-state index contributed by atoms with van der Waals surface area (Å²) in [5, 5.41) is 11.5. The summed E-state index contributed by atoms with van der Waals surface area (Å²) in [6, 6.07) is 6.65. The summed E-state index contributed by atoms with van der Waals surface area (Å²) in [6.07, 6.45) is 5.58. The van der Waals surface area contributed by atoms with E-state index in [1.165, 1.54) is 28.0 Å². The van der Waals surface area contributed by atoms with E-state index in [-0.39, 0.29) is 6.61 Å². The third kappa shape index (κ3) is 5.15. The van der Waals surface area contributed by atoms with Gasteiger partial charge in [0.25, 0.3) is 0 Å². The molecule has 1 N–H and O–H groups in total. The molecule has 0 aliphatic carbocycles. The molecule has 0 spiro atoms. The zero-order valence-electron chi connectivity index (χ0n) is 19.6. The molecule has 0 atom stereocenters. The molecule has 5 rings (SSSR count). The number of benzene rings is 1. The van der Waals surface area contributed by atoms with Crippen LogP contribution in [0.2, 0.25) is 0 Å². The van der Waals surface area contributed by atoms with Crippen LogP contribution in [0.4, 0.5) is 0 Å². The van der Waals surface area contributed by atoms with Crippen LogP contribution in [0.25, 0.3) is 22.3 Å². The first-order valence-electron chi connectivity index (χ1n) is 12.3. The van der Waals surface area contributed by atoms with Crippen LogP contribution in [0.15, 0.2) is 24.4 Å². The number of hydrogen-bond donors (Lipinski definition) is 1. The molecule has 3 aromatic rings. The summed E-state index contributed by atoms with van der Waals surface area (Å²) in [4.78, 5) is 9.74. The predicted molar refractivity (Wildman–Crippen MR) is 133 cm³/mol. The molecule has 2 fully saturated rings. The number of aromatic nitrogens is 3. The van der Waals surface area contributed by atoms with Crippen LogP contribution in [0, 0.1) is 5.92 Å². The molecular weight excluding hydrogens is 434 g/mol. The molecule has 2 aliphatic rings. The van der Waals surface area contributed by atoms with Gasteiger partial charge >= 0.3 is 0 Å². The number of hydrogen-bond acceptors (Lipinski definition) is 7. The van der Waals surface area contributed by atoms with Crippen molar-refractivity contribution in [2.24, 2.45) is 5.92 Å². The van der Waals surface area contributed by atoms with E-state index < -0.39 is 0 Å². The number of rotatable bonds is 8. The van der Waals surface area contributed by atoms with E-state index in [0.29, 0.717) is 5.92 Å². The molecular formula is C25H35N5O2S. The van der Waals surface area contributed by atoms with E-state index in [4.69, 9.17) is 19.2 Å². The maximum Gasteiger partial charge on any atom is 0.175 e. The highest BCUT2D eigenvalue weighted by Crippen LogP contribution is 2.33. The number of fused-ring (bicyclic) bond motifs is 1. The molecule has 0 unspecified atom stereocenters. The number of β-amino-alcohol motifs (C(OH)–C–C–N with tert-alkyl or cyclic N) is 1. The topological polar surface area (TPSA) is 66.7 Å². The van der Waals surface area contributed by atoms with Crippen molar-refractivity contribution in [3.63, 3.8) is 0 Å². The van der Waals surface area contributed by atoms with Crippen molar-refractivity contribution in [2.45, 2.75) is 39.3 Å². The summed E-state index contributed by atoms with van der Waals surface area (Å²) in [6.45, 7) is 10.9. The fourth-order valence-electron chi connectivity index (χ4n) is 5.18. The third-order valence-electron chi connectivity index (χ3n) is 7.11. The Kier molecular flexibility index (Phi) is 7.37. The van der Waals surface area contributed by atoms with Crippen LogP contribution in [0.5, 0.6) is 0 Å². The summed E-state index contributed by atoms with van der Waals surface area (Å²) in [5.74, 6) is 1.52. The first-order valence-corrected chi connectivity index (χ1v) is 13.1. The minimum absolute atomic E-state index is 0.238. The number of aliphatic hydroxyl groups is 1. The van der Waals surface area contributed by atoms with E-state index in [1.807, 2.05) is 0 Å². The zero-order chi connectivity index (χ0) is 22.6. The van der Waals surface area contributed by atoms with Gasteiger partial charge in [-0.05, 0) is 42.3 Å². The lowest BCUT2D eigenvalue weighted by molar-refractivity contribution is 0.0616. The van der Waals surface area contributed by atoms with Gasteiger partial charge in [0.1, 0.15) is 5.01 Å². The van der Waals surface area contributed by atoms with Crippen molar-refractivity contribution in [1.29, 1.82) is 0 Å². The van der Waals surface area contributed by atoms with E-state index in [2.05, 4.69) is 45.7 Å². The Hall–Kier alpha value is -1.84. The Bertz CT molecular complexity index is 1050. The second-order valence-corrected chi connectivity index (χ2v) is 10.1. The molecule has 178 valence electrons. The molecule has 33 heavy (non-hydrogen) atoms. The SMILES string of the molecule is CCc1cccc2c(-c3nsc(CN4CCN(CCO)CC4)n3)cn(CC3CCOCC3)c12. The van der Waals surface area contributed by atoms with Gasteiger partial charge in [-0.15, -0.1) is 0 Å². The number of aliphatic hydroxyl groups excluding tert-OH is 1. The Balaban J connectivity index is 1.37. The van der Waals surface area contributed by atoms with Gasteiger partial charge in [-0.3, -0.25) is 9.80 Å². The Morgan fingerprint density at radius 1 is 1.12 bits per heavy atom. The summed E-state index contributed by atoms with van der Waals surface area (Å²) in [7, 11) is 0. The number of aryl methyl sites for hydroxylation is 1. The maximum atomic E-state index is 9.15. The van der Waals surface area contributed by atoms with Crippen LogP contribution in [0.1, 0.15) is 30.3 Å². The van der Waals surface area contributed by atoms with Gasteiger partial charge < -0.3 is 14.4 Å². The lowest BCUT2D eigenvalue weighted by Crippen LogP contribution is -2.46. The fraction of sp³-hybridized carbons (Fsp3) is 0.600. The second kappa shape index (κ2) is 10.6. The highest BCUT2D eigenvalue weighted by molar-refractivity contribution is 7.05. The van der Waals surface area contributed by atoms with Crippen LogP contribution in [-0.4, -0.2) is 81.4 Å². The van der Waals surface area contributed by atoms with Crippen molar-refractivity contribution >= 4 is 22.4 Å². The van der Waals surface area contributed by atoms with Crippen LogP contribution in [-0.2, 0) is 24.2 Å². The lowest BCUT2D eigenvalue weighted by atomic mass is 10.00. The normalized spacial score (nSPS) is 19.0. The number of nitrogens with zero attached hydrogens (tertiary/aromatic N) is 5. The molecule has 0 bridgehead atoms. The minimum atomic E-state index is 0.238. The average molecular weight is 470 g/mol. The van der Waals surface area contributed by atoms with Gasteiger partial charge in [0, 0.05) is 69.6 Å². The minimum Gasteiger partial charge on any atom is -0.395 e. The molecule has 0 radical (unpaired) electrons. The van der Waals surface area contributed by atoms with E-state index in [1.54, 1.807) is 0 Å². The molecule has 7 nitrogen and oxygen atoms in total.